The molecule has 0 fully saturated rings. The fraction of sp³-hybridized carbons (Fsp3) is 0.0154. The van der Waals surface area contributed by atoms with Crippen molar-refractivity contribution >= 4 is 0 Å². The Labute approximate surface area is 385 Å². The van der Waals surface area contributed by atoms with Gasteiger partial charge in [0.2, 0.25) is 0 Å². The Balaban J connectivity index is 4.59. The highest BCUT2D eigenvalue weighted by molar-refractivity contribution is 5.52. The van der Waals surface area contributed by atoms with Crippen molar-refractivity contribution in [2.24, 2.45) is 0 Å². The van der Waals surface area contributed by atoms with Gasteiger partial charge in [0.25, 0.3) is 0 Å². The molecule has 0 rings (SSSR count). The van der Waals surface area contributed by atoms with Crippen molar-refractivity contribution in [2.75, 3.05) is 0 Å². The number of hydrogen-bond donors (Lipinski definition) is 0. The zero-order chi connectivity index (χ0) is 46.5. The van der Waals surface area contributed by atoms with Crippen LogP contribution < -0.4 is 0 Å². The number of terminal acetylenes is 1. The molecule has 0 aliphatic heterocycles. The average molecular weight is 789 g/mol. The molecule has 0 saturated carbocycles. The molecule has 65 heavy (non-hydrogen) atoms. The first-order valence-electron chi connectivity index (χ1n) is 16.7. The van der Waals surface area contributed by atoms with E-state index in [4.69, 9.17) is 6.42 Å². The molecule has 0 aromatic carbocycles. The second-order valence-corrected chi connectivity index (χ2v) is 8.30. The standard InChI is InChI=1S/C65H8/c1-3-5-7-9-11-13-15-17-19-21-23-25-27-29-31-33-35-37-39-41-43-45-47-49-51-53-55-57-59-61-63-65-64-62-60-58-56-54-52-50-48-46-44-42-40-38-36-34-32-30-28-26-24-22-20-18-16-14-12-10-8-6-4-2/h1,4,6,8,10H,2H3. The Kier molecular flexibility index (Phi) is 39.7. The third-order valence-corrected chi connectivity index (χ3v) is 4.13. The Morgan fingerprint density at radius 3 is 0.462 bits per heavy atom. The summed E-state index contributed by atoms with van der Waals surface area (Å²) in [5.41, 5.74) is 0. The molecule has 268 valence electrons. The molecule has 0 heteroatoms. The highest BCUT2D eigenvalue weighted by Gasteiger charge is 1.64. The quantitative estimate of drug-likeness (QED) is 0.282. The van der Waals surface area contributed by atoms with E-state index in [0.29, 0.717) is 0 Å². The van der Waals surface area contributed by atoms with Gasteiger partial charge < -0.3 is 0 Å². The molecule has 0 heterocycles. The molecule has 0 bridgehead atoms. The van der Waals surface area contributed by atoms with E-state index < -0.39 is 0 Å². The normalized spacial score (nSPS) is 4.68. The van der Waals surface area contributed by atoms with Crippen LogP contribution >= 0.6 is 0 Å². The average Bonchev–Trinajstić information content (AvgIpc) is 3.32. The smallest absolute Gasteiger partial charge is 0 e. The van der Waals surface area contributed by atoms with Crippen LogP contribution in [-0.4, -0.2) is 0 Å². The highest BCUT2D eigenvalue weighted by Crippen LogP contribution is 1.73. The van der Waals surface area contributed by atoms with Gasteiger partial charge in [0.1, 0.15) is 0 Å². The highest BCUT2D eigenvalue weighted by atomic mass is 13.7. The Hall–Kier alpha value is -13.7. The minimum absolute atomic E-state index is 1.69. The lowest BCUT2D eigenvalue weighted by Crippen LogP contribution is -1.57. The van der Waals surface area contributed by atoms with Gasteiger partial charge in [-0.25, -0.2) is 0 Å². The van der Waals surface area contributed by atoms with Gasteiger partial charge in [0.15, 0.2) is 0 Å². The van der Waals surface area contributed by atoms with Gasteiger partial charge in [0, 0.05) is 249 Å². The second kappa shape index (κ2) is 50.3. The van der Waals surface area contributed by atoms with E-state index in [-0.39, 0.29) is 0 Å². The van der Waals surface area contributed by atoms with Crippen molar-refractivity contribution in [3.05, 3.63) is 24.3 Å². The molecule has 0 nitrogen and oxygen atoms in total. The summed E-state index contributed by atoms with van der Waals surface area (Å²) in [7, 11) is 0. The van der Waals surface area contributed by atoms with E-state index in [0.717, 1.165) is 0 Å². The van der Waals surface area contributed by atoms with Gasteiger partial charge in [-0.05, 0) is 108 Å². The number of rotatable bonds is 1. The van der Waals surface area contributed by atoms with Crippen molar-refractivity contribution in [1.82, 2.24) is 0 Å². The van der Waals surface area contributed by atoms with Crippen LogP contribution in [0.3, 0.4) is 0 Å². The SMILES string of the molecule is C#CC#CC#CC#CC#CC#CC#CC#CC#CC#CC#CC#CC#CC#CC#CC#CC#CC#CC#CC#CC#CC#CC#CC#CC#CC#CC#CC#CC#CC#CC=CC=CC. The van der Waals surface area contributed by atoms with Gasteiger partial charge >= 0.3 is 0 Å². The van der Waals surface area contributed by atoms with Crippen molar-refractivity contribution in [2.45, 2.75) is 6.92 Å². The zero-order valence-corrected chi connectivity index (χ0v) is 33.4. The van der Waals surface area contributed by atoms with Crippen molar-refractivity contribution < 1.29 is 0 Å². The molecule has 0 saturated heterocycles. The molecule has 0 aliphatic carbocycles. The van der Waals surface area contributed by atoms with Crippen LogP contribution in [0.1, 0.15) is 6.92 Å². The minimum Gasteiger partial charge on any atom is -0.106 e. The first-order valence-corrected chi connectivity index (χ1v) is 16.7. The summed E-state index contributed by atoms with van der Waals surface area (Å²) >= 11 is 0. The number of allylic oxidation sites excluding steroid dienone is 4. The maximum atomic E-state index is 4.95. The van der Waals surface area contributed by atoms with E-state index in [1.165, 1.54) is 0 Å². The summed E-state index contributed by atoms with van der Waals surface area (Å²) < 4.78 is 0. The second-order valence-electron chi connectivity index (χ2n) is 8.30. The molecule has 0 aromatic heterocycles. The molecule has 0 spiro atoms. The lowest BCUT2D eigenvalue weighted by Gasteiger charge is -1.64. The Bertz CT molecular complexity index is 4060. The topological polar surface area (TPSA) is 0 Å². The fourth-order valence-electron chi connectivity index (χ4n) is 2.05. The maximum absolute atomic E-state index is 4.95. The Morgan fingerprint density at radius 1 is 0.185 bits per heavy atom. The first kappa shape index (κ1) is 51.3. The molecular weight excluding hydrogens is 781 g/mol. The summed E-state index contributed by atoms with van der Waals surface area (Å²) in [6.45, 7) is 1.92. The van der Waals surface area contributed by atoms with Crippen molar-refractivity contribution in [1.29, 1.82) is 0 Å². The summed E-state index contributed by atoms with van der Waals surface area (Å²) in [5, 5.41) is 0. The zero-order valence-electron chi connectivity index (χ0n) is 33.4. The minimum atomic E-state index is 1.69. The lowest BCUT2D eigenvalue weighted by atomic mass is 10.4. The van der Waals surface area contributed by atoms with Gasteiger partial charge in [-0.15, -0.1) is 6.42 Å². The molecule has 0 aromatic rings. The monoisotopic (exact) mass is 788 g/mol. The molecular formula is C65H8. The number of hydrogen-bond acceptors (Lipinski definition) is 0. The van der Waals surface area contributed by atoms with Crippen molar-refractivity contribution in [3.8, 4) is 356 Å². The predicted octanol–water partition coefficient (Wildman–Crippen LogP) is 1.85. The van der Waals surface area contributed by atoms with E-state index in [1.807, 2.05) is 25.2 Å². The third kappa shape index (κ3) is 50.3. The van der Waals surface area contributed by atoms with E-state index >= 15 is 0 Å². The molecule has 0 radical (unpaired) electrons. The van der Waals surface area contributed by atoms with Crippen molar-refractivity contribution in [3.63, 3.8) is 0 Å². The summed E-state index contributed by atoms with van der Waals surface area (Å²) in [4.78, 5) is 0. The van der Waals surface area contributed by atoms with E-state index in [1.54, 1.807) is 6.08 Å². The van der Waals surface area contributed by atoms with Crippen LogP contribution in [0.5, 0.6) is 0 Å². The first-order chi connectivity index (χ1) is 32.4. The van der Waals surface area contributed by atoms with Crippen LogP contribution in [0.25, 0.3) is 0 Å². The van der Waals surface area contributed by atoms with Gasteiger partial charge in [0.05, 0.1) is 0 Å². The summed E-state index contributed by atoms with van der Waals surface area (Å²) in [6, 6.07) is 0. The molecule has 0 unspecified atom stereocenters. The van der Waals surface area contributed by atoms with Crippen LogP contribution in [0.2, 0.25) is 0 Å². The predicted molar refractivity (Wildman–Crippen MR) is 258 cm³/mol. The van der Waals surface area contributed by atoms with Crippen LogP contribution in [0.4, 0.5) is 0 Å². The van der Waals surface area contributed by atoms with Crippen LogP contribution in [-0.2, 0) is 0 Å². The fourth-order valence-corrected chi connectivity index (χ4v) is 2.05. The maximum Gasteiger partial charge on any atom is 0 e. The molecule has 0 N–H and O–H groups in total. The summed E-state index contributed by atoms with van der Waals surface area (Å²) in [5.74, 6) is 147. The van der Waals surface area contributed by atoms with Gasteiger partial charge in [-0.3, -0.25) is 0 Å². The third-order valence-electron chi connectivity index (χ3n) is 4.13. The van der Waals surface area contributed by atoms with Crippen LogP contribution in [0, 0.1) is 356 Å². The Morgan fingerprint density at radius 2 is 0.323 bits per heavy atom. The van der Waals surface area contributed by atoms with E-state index in [9.17, 15) is 0 Å². The summed E-state index contributed by atoms with van der Waals surface area (Å²) in [6.07, 6.45) is 12.2. The molecule has 0 atom stereocenters. The van der Waals surface area contributed by atoms with Gasteiger partial charge in [-0.2, -0.15) is 0 Å². The van der Waals surface area contributed by atoms with Crippen LogP contribution in [0.15, 0.2) is 24.3 Å². The molecule has 0 amide bonds. The van der Waals surface area contributed by atoms with Gasteiger partial charge in [-0.1, -0.05) is 24.1 Å². The van der Waals surface area contributed by atoms with E-state index in [2.05, 4.69) is 349 Å². The largest absolute Gasteiger partial charge is 0.106 e. The lowest BCUT2D eigenvalue weighted by molar-refractivity contribution is 1.74. The molecule has 0 aliphatic rings.